The number of nitrogen functional groups attached to an aromatic ring is 1. The van der Waals surface area contributed by atoms with Crippen LogP contribution in [0.15, 0.2) is 34.8 Å². The largest absolute Gasteiger partial charge is 0.493 e. The van der Waals surface area contributed by atoms with E-state index in [-0.39, 0.29) is 11.5 Å². The summed E-state index contributed by atoms with van der Waals surface area (Å²) < 4.78 is 38.2. The first-order chi connectivity index (χ1) is 9.99. The lowest BCUT2D eigenvalue weighted by molar-refractivity contribution is 0.315. The van der Waals surface area contributed by atoms with Crippen LogP contribution in [0.1, 0.15) is 13.3 Å². The van der Waals surface area contributed by atoms with Gasteiger partial charge in [0.05, 0.1) is 6.61 Å². The zero-order valence-corrected chi connectivity index (χ0v) is 12.9. The molecule has 0 aliphatic carbocycles. The molecule has 0 amide bonds. The second kappa shape index (κ2) is 6.76. The van der Waals surface area contributed by atoms with Gasteiger partial charge in [0.1, 0.15) is 11.5 Å². The summed E-state index contributed by atoms with van der Waals surface area (Å²) in [6.07, 6.45) is 0.844. The van der Waals surface area contributed by atoms with E-state index in [9.17, 15) is 8.78 Å². The summed E-state index contributed by atoms with van der Waals surface area (Å²) in [6.45, 7) is 2.51. The van der Waals surface area contributed by atoms with Crippen LogP contribution < -0.4 is 15.2 Å². The molecule has 0 atom stereocenters. The van der Waals surface area contributed by atoms with Crippen molar-refractivity contribution in [3.8, 4) is 17.2 Å². The van der Waals surface area contributed by atoms with Gasteiger partial charge in [-0.25, -0.2) is 4.39 Å². The van der Waals surface area contributed by atoms with E-state index in [1.165, 1.54) is 12.1 Å². The summed E-state index contributed by atoms with van der Waals surface area (Å²) in [5.74, 6) is -1.49. The molecule has 0 fully saturated rings. The van der Waals surface area contributed by atoms with Crippen molar-refractivity contribution in [3.05, 3.63) is 46.4 Å². The Morgan fingerprint density at radius 1 is 1.10 bits per heavy atom. The predicted octanol–water partition coefficient (Wildman–Crippen LogP) is 4.89. The fourth-order valence-corrected chi connectivity index (χ4v) is 2.10. The SMILES string of the molecule is CCCOc1cc(N)cc(Oc2cc(Br)cc(F)c2F)c1. The molecule has 0 aliphatic heterocycles. The number of ether oxygens (including phenoxy) is 2. The van der Waals surface area contributed by atoms with Gasteiger partial charge < -0.3 is 15.2 Å². The first kappa shape index (κ1) is 15.6. The molecule has 21 heavy (non-hydrogen) atoms. The number of rotatable bonds is 5. The van der Waals surface area contributed by atoms with E-state index in [2.05, 4.69) is 15.9 Å². The highest BCUT2D eigenvalue weighted by atomic mass is 79.9. The molecule has 0 bridgehead atoms. The maximum Gasteiger partial charge on any atom is 0.201 e. The standard InChI is InChI=1S/C15H14BrF2NO2/c1-2-3-20-11-6-10(19)7-12(8-11)21-14-5-9(16)4-13(17)15(14)18/h4-8H,2-3,19H2,1H3. The van der Waals surface area contributed by atoms with Gasteiger partial charge in [0, 0.05) is 28.4 Å². The Hall–Kier alpha value is -1.82. The van der Waals surface area contributed by atoms with Crippen molar-refractivity contribution in [2.24, 2.45) is 0 Å². The molecule has 0 unspecified atom stereocenters. The van der Waals surface area contributed by atoms with Crippen LogP contribution in [0, 0.1) is 11.6 Å². The van der Waals surface area contributed by atoms with E-state index in [1.54, 1.807) is 12.1 Å². The smallest absolute Gasteiger partial charge is 0.201 e. The lowest BCUT2D eigenvalue weighted by Crippen LogP contribution is -1.98. The molecule has 0 aliphatic rings. The minimum absolute atomic E-state index is 0.228. The monoisotopic (exact) mass is 357 g/mol. The first-order valence-corrected chi connectivity index (χ1v) is 7.14. The quantitative estimate of drug-likeness (QED) is 0.611. The number of anilines is 1. The van der Waals surface area contributed by atoms with Gasteiger partial charge in [-0.1, -0.05) is 22.9 Å². The summed E-state index contributed by atoms with van der Waals surface area (Å²) in [7, 11) is 0. The number of nitrogens with two attached hydrogens (primary N) is 1. The molecule has 2 N–H and O–H groups in total. The lowest BCUT2D eigenvalue weighted by Gasteiger charge is -2.11. The normalized spacial score (nSPS) is 10.5. The van der Waals surface area contributed by atoms with Crippen LogP contribution in [0.5, 0.6) is 17.2 Å². The molecule has 3 nitrogen and oxygen atoms in total. The fraction of sp³-hybridized carbons (Fsp3) is 0.200. The minimum Gasteiger partial charge on any atom is -0.493 e. The number of hydrogen-bond acceptors (Lipinski definition) is 3. The van der Waals surface area contributed by atoms with E-state index in [0.29, 0.717) is 22.5 Å². The molecule has 0 heterocycles. The van der Waals surface area contributed by atoms with Gasteiger partial charge >= 0.3 is 0 Å². The molecular formula is C15H14BrF2NO2. The molecule has 6 heteroatoms. The summed E-state index contributed by atoms with van der Waals surface area (Å²) in [5, 5.41) is 0. The Labute approximate surface area is 129 Å². The second-order valence-electron chi connectivity index (χ2n) is 4.39. The van der Waals surface area contributed by atoms with Crippen LogP contribution in [-0.4, -0.2) is 6.61 Å². The van der Waals surface area contributed by atoms with E-state index in [1.807, 2.05) is 6.92 Å². The molecule has 2 aromatic rings. The second-order valence-corrected chi connectivity index (χ2v) is 5.30. The fourth-order valence-electron chi connectivity index (χ4n) is 1.69. The van der Waals surface area contributed by atoms with Crippen LogP contribution >= 0.6 is 15.9 Å². The Morgan fingerprint density at radius 3 is 2.52 bits per heavy atom. The average molecular weight is 358 g/mol. The van der Waals surface area contributed by atoms with E-state index in [4.69, 9.17) is 15.2 Å². The van der Waals surface area contributed by atoms with Gasteiger partial charge in [-0.3, -0.25) is 0 Å². The molecule has 0 saturated carbocycles. The van der Waals surface area contributed by atoms with E-state index < -0.39 is 11.6 Å². The Balaban J connectivity index is 2.29. The van der Waals surface area contributed by atoms with Crippen molar-refractivity contribution in [3.63, 3.8) is 0 Å². The zero-order chi connectivity index (χ0) is 15.4. The van der Waals surface area contributed by atoms with Crippen molar-refractivity contribution in [2.45, 2.75) is 13.3 Å². The maximum absolute atomic E-state index is 13.7. The van der Waals surface area contributed by atoms with Crippen molar-refractivity contribution < 1.29 is 18.3 Å². The van der Waals surface area contributed by atoms with Crippen LogP contribution in [0.2, 0.25) is 0 Å². The molecular weight excluding hydrogens is 344 g/mol. The molecule has 112 valence electrons. The van der Waals surface area contributed by atoms with E-state index >= 15 is 0 Å². The van der Waals surface area contributed by atoms with Crippen LogP contribution in [0.3, 0.4) is 0 Å². The molecule has 2 rings (SSSR count). The van der Waals surface area contributed by atoms with Gasteiger partial charge in [-0.05, 0) is 18.6 Å². The molecule has 0 spiro atoms. The zero-order valence-electron chi connectivity index (χ0n) is 11.3. The molecule has 0 aromatic heterocycles. The van der Waals surface area contributed by atoms with Crippen molar-refractivity contribution >= 4 is 21.6 Å². The van der Waals surface area contributed by atoms with E-state index in [0.717, 1.165) is 12.5 Å². The topological polar surface area (TPSA) is 44.5 Å². The number of hydrogen-bond donors (Lipinski definition) is 1. The summed E-state index contributed by atoms with van der Waals surface area (Å²) in [6, 6.07) is 7.09. The van der Waals surface area contributed by atoms with Crippen molar-refractivity contribution in [2.75, 3.05) is 12.3 Å². The Morgan fingerprint density at radius 2 is 1.81 bits per heavy atom. The number of benzene rings is 2. The van der Waals surface area contributed by atoms with Gasteiger partial charge in [0.15, 0.2) is 11.6 Å². The van der Waals surface area contributed by atoms with Crippen molar-refractivity contribution in [1.82, 2.24) is 0 Å². The van der Waals surface area contributed by atoms with Crippen molar-refractivity contribution in [1.29, 1.82) is 0 Å². The van der Waals surface area contributed by atoms with Gasteiger partial charge in [-0.2, -0.15) is 4.39 Å². The third kappa shape index (κ3) is 4.07. The summed E-state index contributed by atoms with van der Waals surface area (Å²) in [5.41, 5.74) is 6.16. The highest BCUT2D eigenvalue weighted by molar-refractivity contribution is 9.10. The highest BCUT2D eigenvalue weighted by Crippen LogP contribution is 2.32. The van der Waals surface area contributed by atoms with Gasteiger partial charge in [0.2, 0.25) is 5.82 Å². The Kier molecular flexibility index (Phi) is 5.01. The molecule has 0 radical (unpaired) electrons. The van der Waals surface area contributed by atoms with Gasteiger partial charge in [0.25, 0.3) is 0 Å². The van der Waals surface area contributed by atoms with Crippen LogP contribution in [-0.2, 0) is 0 Å². The average Bonchev–Trinajstić information content (AvgIpc) is 2.41. The summed E-state index contributed by atoms with van der Waals surface area (Å²) in [4.78, 5) is 0. The first-order valence-electron chi connectivity index (χ1n) is 6.35. The Bertz CT molecular complexity index is 650. The predicted molar refractivity (Wildman–Crippen MR) is 80.8 cm³/mol. The van der Waals surface area contributed by atoms with Crippen LogP contribution in [0.25, 0.3) is 0 Å². The maximum atomic E-state index is 13.7. The molecule has 2 aromatic carbocycles. The minimum atomic E-state index is -1.06. The third-order valence-electron chi connectivity index (χ3n) is 2.56. The lowest BCUT2D eigenvalue weighted by atomic mass is 10.2. The molecule has 0 saturated heterocycles. The van der Waals surface area contributed by atoms with Gasteiger partial charge in [-0.15, -0.1) is 0 Å². The third-order valence-corrected chi connectivity index (χ3v) is 3.02. The number of halogens is 3. The summed E-state index contributed by atoms with van der Waals surface area (Å²) >= 11 is 3.09. The highest BCUT2D eigenvalue weighted by Gasteiger charge is 2.13. The van der Waals surface area contributed by atoms with Crippen LogP contribution in [0.4, 0.5) is 14.5 Å².